The van der Waals surface area contributed by atoms with E-state index in [0.29, 0.717) is 24.6 Å². The number of likely N-dealkylation sites (tertiary alicyclic amines) is 1. The highest BCUT2D eigenvalue weighted by Gasteiger charge is 2.26. The maximum atomic E-state index is 12.9. The summed E-state index contributed by atoms with van der Waals surface area (Å²) in [5.74, 6) is 1.42. The largest absolute Gasteiger partial charge is 0.465 e. The number of benzene rings is 1. The minimum atomic E-state index is 0.0436. The predicted octanol–water partition coefficient (Wildman–Crippen LogP) is 4.42. The maximum absolute atomic E-state index is 12.9. The smallest absolute Gasteiger partial charge is 0.187 e. The van der Waals surface area contributed by atoms with Crippen LogP contribution in [0.5, 0.6) is 0 Å². The molecule has 26 heavy (non-hydrogen) atoms. The molecule has 0 atom stereocenters. The monoisotopic (exact) mass is 345 g/mol. The van der Waals surface area contributed by atoms with Gasteiger partial charge in [0.15, 0.2) is 5.78 Å². The molecule has 0 aliphatic carbocycles. The average molecular weight is 345 g/mol. The predicted molar refractivity (Wildman–Crippen MR) is 100 cm³/mol. The number of hydrogen-bond acceptors (Lipinski definition) is 4. The van der Waals surface area contributed by atoms with Gasteiger partial charge in [0, 0.05) is 30.8 Å². The minimum absolute atomic E-state index is 0.0436. The van der Waals surface area contributed by atoms with Crippen LogP contribution in [0.2, 0.25) is 0 Å². The molecule has 1 aromatic carbocycles. The van der Waals surface area contributed by atoms with Crippen LogP contribution in [0.1, 0.15) is 17.1 Å². The number of carbonyl (C=O) groups is 1. The molecule has 1 saturated heterocycles. The summed E-state index contributed by atoms with van der Waals surface area (Å²) in [7, 11) is 0. The van der Waals surface area contributed by atoms with E-state index in [4.69, 9.17) is 8.83 Å². The molecule has 0 N–H and O–H groups in total. The van der Waals surface area contributed by atoms with E-state index < -0.39 is 0 Å². The lowest BCUT2D eigenvalue weighted by molar-refractivity contribution is -0.113. The SMILES string of the molecule is O=C1/C(=C\c2ccco2)CN(Cc2ccccc2)C/C1=C\c1ccco1. The molecule has 0 spiro atoms. The lowest BCUT2D eigenvalue weighted by Crippen LogP contribution is -2.37. The summed E-state index contributed by atoms with van der Waals surface area (Å²) in [5, 5.41) is 0. The van der Waals surface area contributed by atoms with Crippen LogP contribution >= 0.6 is 0 Å². The molecule has 0 saturated carbocycles. The molecular formula is C22H19NO3. The first-order valence-electron chi connectivity index (χ1n) is 8.57. The molecule has 3 aromatic rings. The van der Waals surface area contributed by atoms with Gasteiger partial charge in [-0.25, -0.2) is 0 Å². The summed E-state index contributed by atoms with van der Waals surface area (Å²) in [5.41, 5.74) is 2.66. The minimum Gasteiger partial charge on any atom is -0.465 e. The van der Waals surface area contributed by atoms with E-state index >= 15 is 0 Å². The van der Waals surface area contributed by atoms with Crippen molar-refractivity contribution in [3.8, 4) is 0 Å². The molecule has 4 nitrogen and oxygen atoms in total. The topological polar surface area (TPSA) is 46.6 Å². The van der Waals surface area contributed by atoms with Crippen LogP contribution < -0.4 is 0 Å². The number of ketones is 1. The Morgan fingerprint density at radius 3 is 1.88 bits per heavy atom. The Balaban J connectivity index is 1.64. The van der Waals surface area contributed by atoms with Crippen molar-refractivity contribution < 1.29 is 13.6 Å². The second-order valence-corrected chi connectivity index (χ2v) is 6.33. The lowest BCUT2D eigenvalue weighted by Gasteiger charge is -2.29. The van der Waals surface area contributed by atoms with Gasteiger partial charge in [-0.1, -0.05) is 30.3 Å². The Bertz CT molecular complexity index is 863. The van der Waals surface area contributed by atoms with Crippen LogP contribution in [0.3, 0.4) is 0 Å². The number of nitrogens with zero attached hydrogens (tertiary/aromatic N) is 1. The molecule has 0 bridgehead atoms. The Kier molecular flexibility index (Phi) is 4.67. The van der Waals surface area contributed by atoms with Crippen molar-refractivity contribution in [2.45, 2.75) is 6.54 Å². The molecule has 1 fully saturated rings. The first kappa shape index (κ1) is 16.4. The van der Waals surface area contributed by atoms with Gasteiger partial charge in [-0.05, 0) is 42.0 Å². The van der Waals surface area contributed by atoms with Gasteiger partial charge in [-0.15, -0.1) is 0 Å². The molecule has 0 radical (unpaired) electrons. The zero-order valence-corrected chi connectivity index (χ0v) is 14.3. The maximum Gasteiger partial charge on any atom is 0.187 e. The van der Waals surface area contributed by atoms with Crippen LogP contribution in [-0.2, 0) is 11.3 Å². The fourth-order valence-electron chi connectivity index (χ4n) is 3.15. The zero-order chi connectivity index (χ0) is 17.8. The number of carbonyl (C=O) groups excluding carboxylic acids is 1. The van der Waals surface area contributed by atoms with Crippen molar-refractivity contribution in [3.05, 3.63) is 95.4 Å². The highest BCUT2D eigenvalue weighted by atomic mass is 16.3. The molecule has 3 heterocycles. The molecule has 1 aliphatic heterocycles. The molecule has 0 amide bonds. The van der Waals surface area contributed by atoms with Gasteiger partial charge in [-0.3, -0.25) is 9.69 Å². The fraction of sp³-hybridized carbons (Fsp3) is 0.136. The first-order valence-corrected chi connectivity index (χ1v) is 8.57. The van der Waals surface area contributed by atoms with Gasteiger partial charge in [0.05, 0.1) is 12.5 Å². The van der Waals surface area contributed by atoms with Crippen molar-refractivity contribution >= 4 is 17.9 Å². The van der Waals surface area contributed by atoms with Gasteiger partial charge in [0.1, 0.15) is 11.5 Å². The highest BCUT2D eigenvalue weighted by Crippen LogP contribution is 2.23. The average Bonchev–Trinajstić information content (AvgIpc) is 3.34. The summed E-state index contributed by atoms with van der Waals surface area (Å²) in [6.45, 7) is 1.95. The molecule has 130 valence electrons. The molecule has 0 unspecified atom stereocenters. The van der Waals surface area contributed by atoms with Crippen molar-refractivity contribution in [1.29, 1.82) is 0 Å². The summed E-state index contributed by atoms with van der Waals surface area (Å²) in [4.78, 5) is 15.2. The van der Waals surface area contributed by atoms with Crippen LogP contribution in [0.25, 0.3) is 12.2 Å². The van der Waals surface area contributed by atoms with E-state index in [1.54, 1.807) is 12.5 Å². The number of Topliss-reactive ketones (excluding diaryl/α,β-unsaturated/α-hetero) is 1. The summed E-state index contributed by atoms with van der Waals surface area (Å²) >= 11 is 0. The van der Waals surface area contributed by atoms with E-state index in [1.165, 1.54) is 5.56 Å². The van der Waals surface area contributed by atoms with E-state index in [9.17, 15) is 4.79 Å². The lowest BCUT2D eigenvalue weighted by atomic mass is 9.95. The van der Waals surface area contributed by atoms with Crippen LogP contribution in [0, 0.1) is 0 Å². The number of piperidine rings is 1. The quantitative estimate of drug-likeness (QED) is 0.657. The van der Waals surface area contributed by atoms with Crippen LogP contribution in [0.4, 0.5) is 0 Å². The van der Waals surface area contributed by atoms with Gasteiger partial charge in [0.25, 0.3) is 0 Å². The third-order valence-corrected chi connectivity index (χ3v) is 4.34. The van der Waals surface area contributed by atoms with E-state index in [-0.39, 0.29) is 5.78 Å². The Morgan fingerprint density at radius 1 is 0.808 bits per heavy atom. The van der Waals surface area contributed by atoms with Crippen molar-refractivity contribution in [3.63, 3.8) is 0 Å². The Hall–Kier alpha value is -3.11. The van der Waals surface area contributed by atoms with Gasteiger partial charge in [0.2, 0.25) is 0 Å². The first-order chi connectivity index (χ1) is 12.8. The van der Waals surface area contributed by atoms with E-state index in [1.807, 2.05) is 54.6 Å². The standard InChI is InChI=1S/C22H19NO3/c24-22-18(12-20-8-4-10-25-20)15-23(14-17-6-2-1-3-7-17)16-19(22)13-21-9-5-11-26-21/h1-13H,14-16H2/b18-12-,19-13+. The number of furan rings is 2. The van der Waals surface area contributed by atoms with Gasteiger partial charge in [-0.2, -0.15) is 0 Å². The highest BCUT2D eigenvalue weighted by molar-refractivity contribution is 6.14. The van der Waals surface area contributed by atoms with Crippen molar-refractivity contribution in [2.75, 3.05) is 13.1 Å². The molecule has 4 heteroatoms. The Labute approximate surface area is 152 Å². The summed E-state index contributed by atoms with van der Waals surface area (Å²) in [6, 6.07) is 17.6. The number of hydrogen-bond donors (Lipinski definition) is 0. The zero-order valence-electron chi connectivity index (χ0n) is 14.3. The molecule has 1 aliphatic rings. The van der Waals surface area contributed by atoms with Crippen molar-refractivity contribution in [2.24, 2.45) is 0 Å². The fourth-order valence-corrected chi connectivity index (χ4v) is 3.15. The second-order valence-electron chi connectivity index (χ2n) is 6.33. The molecular weight excluding hydrogens is 326 g/mol. The molecule has 4 rings (SSSR count). The second kappa shape index (κ2) is 7.42. The van der Waals surface area contributed by atoms with E-state index in [0.717, 1.165) is 17.7 Å². The Morgan fingerprint density at radius 2 is 1.38 bits per heavy atom. The third-order valence-electron chi connectivity index (χ3n) is 4.34. The molecule has 2 aromatic heterocycles. The van der Waals surface area contributed by atoms with E-state index in [2.05, 4.69) is 17.0 Å². The number of rotatable bonds is 4. The van der Waals surface area contributed by atoms with Gasteiger partial charge >= 0.3 is 0 Å². The van der Waals surface area contributed by atoms with Crippen molar-refractivity contribution in [1.82, 2.24) is 4.90 Å². The van der Waals surface area contributed by atoms with Crippen LogP contribution in [-0.4, -0.2) is 23.8 Å². The van der Waals surface area contributed by atoms with Crippen LogP contribution in [0.15, 0.2) is 87.1 Å². The third kappa shape index (κ3) is 3.76. The van der Waals surface area contributed by atoms with Gasteiger partial charge < -0.3 is 8.83 Å². The summed E-state index contributed by atoms with van der Waals surface area (Å²) < 4.78 is 10.8. The normalized spacial score (nSPS) is 18.7. The summed E-state index contributed by atoms with van der Waals surface area (Å²) in [6.07, 6.45) is 6.88.